The van der Waals surface area contributed by atoms with Crippen LogP contribution in [-0.4, -0.2) is 56.5 Å². The van der Waals surface area contributed by atoms with E-state index in [2.05, 4.69) is 27.2 Å². The maximum atomic E-state index is 13.0. The lowest BCUT2D eigenvalue weighted by molar-refractivity contribution is -0.135. The van der Waals surface area contributed by atoms with Crippen LogP contribution in [0.2, 0.25) is 0 Å². The summed E-state index contributed by atoms with van der Waals surface area (Å²) in [5.74, 6) is 0.401. The number of anilines is 1. The van der Waals surface area contributed by atoms with Gasteiger partial charge in [0.2, 0.25) is 5.91 Å². The number of piperazine rings is 1. The first kappa shape index (κ1) is 18.0. The molecular formula is C20H22N6O2. The SMILES string of the molecule is CC(C(=O)N1CCN(c2ccccc2)CC1)n1nc(-n2cccn2)ccc1=O. The predicted octanol–water partition coefficient (Wildman–Crippen LogP) is 1.34. The molecule has 3 heterocycles. The molecule has 1 aliphatic heterocycles. The molecule has 1 fully saturated rings. The minimum atomic E-state index is -0.675. The van der Waals surface area contributed by atoms with Crippen molar-refractivity contribution in [2.75, 3.05) is 31.1 Å². The van der Waals surface area contributed by atoms with E-state index in [0.717, 1.165) is 18.8 Å². The first-order chi connectivity index (χ1) is 13.6. The zero-order valence-electron chi connectivity index (χ0n) is 15.7. The van der Waals surface area contributed by atoms with Gasteiger partial charge in [-0.3, -0.25) is 9.59 Å². The molecule has 0 bridgehead atoms. The third kappa shape index (κ3) is 3.53. The molecule has 2 aromatic heterocycles. The Balaban J connectivity index is 1.47. The molecule has 1 atom stereocenters. The predicted molar refractivity (Wildman–Crippen MR) is 106 cm³/mol. The summed E-state index contributed by atoms with van der Waals surface area (Å²) < 4.78 is 2.80. The number of carbonyl (C=O) groups excluding carboxylic acids is 1. The first-order valence-electron chi connectivity index (χ1n) is 9.32. The summed E-state index contributed by atoms with van der Waals surface area (Å²) in [6, 6.07) is 14.3. The number of amides is 1. The van der Waals surface area contributed by atoms with Gasteiger partial charge in [-0.2, -0.15) is 5.10 Å². The van der Waals surface area contributed by atoms with Gasteiger partial charge in [-0.15, -0.1) is 5.10 Å². The summed E-state index contributed by atoms with van der Waals surface area (Å²) in [5, 5.41) is 8.47. The zero-order valence-corrected chi connectivity index (χ0v) is 15.7. The van der Waals surface area contributed by atoms with Crippen molar-refractivity contribution in [2.24, 2.45) is 0 Å². The van der Waals surface area contributed by atoms with Crippen LogP contribution in [0.15, 0.2) is 65.7 Å². The summed E-state index contributed by atoms with van der Waals surface area (Å²) >= 11 is 0. The van der Waals surface area contributed by atoms with Gasteiger partial charge in [-0.05, 0) is 31.2 Å². The molecule has 0 saturated carbocycles. The van der Waals surface area contributed by atoms with E-state index < -0.39 is 6.04 Å². The molecule has 1 aromatic carbocycles. The first-order valence-corrected chi connectivity index (χ1v) is 9.32. The molecule has 0 N–H and O–H groups in total. The second kappa shape index (κ2) is 7.67. The zero-order chi connectivity index (χ0) is 19.5. The van der Waals surface area contributed by atoms with Crippen molar-refractivity contribution in [3.05, 3.63) is 71.3 Å². The highest BCUT2D eigenvalue weighted by atomic mass is 16.2. The van der Waals surface area contributed by atoms with Gasteiger partial charge in [0.1, 0.15) is 6.04 Å². The van der Waals surface area contributed by atoms with E-state index in [9.17, 15) is 9.59 Å². The van der Waals surface area contributed by atoms with Crippen molar-refractivity contribution in [3.8, 4) is 5.82 Å². The highest BCUT2D eigenvalue weighted by Crippen LogP contribution is 2.17. The standard InChI is InChI=1S/C20H22N6O2/c1-16(26-19(27)9-8-18(22-26)25-11-5-10-21-25)20(28)24-14-12-23(13-15-24)17-6-3-2-4-7-17/h2-11,16H,12-15H2,1H3. The second-order valence-corrected chi connectivity index (χ2v) is 6.75. The van der Waals surface area contributed by atoms with Crippen LogP contribution in [0.1, 0.15) is 13.0 Å². The fourth-order valence-electron chi connectivity index (χ4n) is 3.41. The molecule has 28 heavy (non-hydrogen) atoms. The molecule has 0 spiro atoms. The van der Waals surface area contributed by atoms with Crippen molar-refractivity contribution in [3.63, 3.8) is 0 Å². The Kier molecular flexibility index (Phi) is 4.92. The van der Waals surface area contributed by atoms with Crippen LogP contribution in [0.5, 0.6) is 0 Å². The third-order valence-electron chi connectivity index (χ3n) is 4.99. The molecule has 8 heteroatoms. The Labute approximate surface area is 162 Å². The van der Waals surface area contributed by atoms with Gasteiger partial charge in [-0.1, -0.05) is 18.2 Å². The molecule has 4 rings (SSSR count). The highest BCUT2D eigenvalue weighted by Gasteiger charge is 2.27. The second-order valence-electron chi connectivity index (χ2n) is 6.75. The smallest absolute Gasteiger partial charge is 0.267 e. The lowest BCUT2D eigenvalue weighted by atomic mass is 10.2. The average molecular weight is 378 g/mol. The van der Waals surface area contributed by atoms with Gasteiger partial charge in [0, 0.05) is 50.3 Å². The van der Waals surface area contributed by atoms with Gasteiger partial charge in [-0.25, -0.2) is 9.36 Å². The monoisotopic (exact) mass is 378 g/mol. The van der Waals surface area contributed by atoms with Crippen LogP contribution in [0.25, 0.3) is 5.82 Å². The van der Waals surface area contributed by atoms with E-state index in [0.29, 0.717) is 18.9 Å². The van der Waals surface area contributed by atoms with Gasteiger partial charge >= 0.3 is 0 Å². The number of aromatic nitrogens is 4. The van der Waals surface area contributed by atoms with Crippen molar-refractivity contribution in [1.29, 1.82) is 0 Å². The molecule has 144 valence electrons. The number of para-hydroxylation sites is 1. The van der Waals surface area contributed by atoms with E-state index in [-0.39, 0.29) is 11.5 Å². The van der Waals surface area contributed by atoms with Crippen LogP contribution in [0, 0.1) is 0 Å². The topological polar surface area (TPSA) is 76.3 Å². The lowest BCUT2D eigenvalue weighted by Crippen LogP contribution is -2.51. The van der Waals surface area contributed by atoms with Crippen molar-refractivity contribution in [2.45, 2.75) is 13.0 Å². The summed E-state index contributed by atoms with van der Waals surface area (Å²) in [5.41, 5.74) is 0.854. The van der Waals surface area contributed by atoms with Gasteiger partial charge in [0.15, 0.2) is 5.82 Å². The Hall–Kier alpha value is -3.42. The molecule has 1 amide bonds. The number of nitrogens with zero attached hydrogens (tertiary/aromatic N) is 6. The van der Waals surface area contributed by atoms with E-state index in [4.69, 9.17) is 0 Å². The quantitative estimate of drug-likeness (QED) is 0.685. The maximum absolute atomic E-state index is 13.0. The molecule has 1 saturated heterocycles. The summed E-state index contributed by atoms with van der Waals surface area (Å²) in [4.78, 5) is 29.3. The number of hydrogen-bond acceptors (Lipinski definition) is 5. The molecule has 1 unspecified atom stereocenters. The van der Waals surface area contributed by atoms with Gasteiger partial charge < -0.3 is 9.80 Å². The number of rotatable bonds is 4. The summed E-state index contributed by atoms with van der Waals surface area (Å²) in [6.45, 7) is 4.47. The average Bonchev–Trinajstić information content (AvgIpc) is 3.29. The normalized spacial score (nSPS) is 15.5. The molecule has 0 aliphatic carbocycles. The number of benzene rings is 1. The van der Waals surface area contributed by atoms with Crippen LogP contribution < -0.4 is 10.5 Å². The molecule has 1 aliphatic rings. The Morgan fingerprint density at radius 1 is 1.00 bits per heavy atom. The van der Waals surface area contributed by atoms with Gasteiger partial charge in [0.05, 0.1) is 0 Å². The van der Waals surface area contributed by atoms with E-state index in [1.807, 2.05) is 18.2 Å². The van der Waals surface area contributed by atoms with Crippen LogP contribution >= 0.6 is 0 Å². The lowest BCUT2D eigenvalue weighted by Gasteiger charge is -2.37. The fourth-order valence-corrected chi connectivity index (χ4v) is 3.41. The molecular weight excluding hydrogens is 356 g/mol. The largest absolute Gasteiger partial charge is 0.368 e. The molecule has 8 nitrogen and oxygen atoms in total. The third-order valence-corrected chi connectivity index (χ3v) is 4.99. The van der Waals surface area contributed by atoms with E-state index in [1.54, 1.807) is 41.0 Å². The minimum absolute atomic E-state index is 0.0973. The summed E-state index contributed by atoms with van der Waals surface area (Å²) in [7, 11) is 0. The maximum Gasteiger partial charge on any atom is 0.267 e. The van der Waals surface area contributed by atoms with Crippen molar-refractivity contribution in [1.82, 2.24) is 24.5 Å². The molecule has 3 aromatic rings. The van der Waals surface area contributed by atoms with Crippen LogP contribution in [0.4, 0.5) is 5.69 Å². The van der Waals surface area contributed by atoms with E-state index >= 15 is 0 Å². The fraction of sp³-hybridized carbons (Fsp3) is 0.300. The van der Waals surface area contributed by atoms with E-state index in [1.165, 1.54) is 10.7 Å². The molecule has 0 radical (unpaired) electrons. The Morgan fingerprint density at radius 2 is 1.75 bits per heavy atom. The van der Waals surface area contributed by atoms with Crippen molar-refractivity contribution < 1.29 is 4.79 Å². The highest BCUT2D eigenvalue weighted by molar-refractivity contribution is 5.80. The van der Waals surface area contributed by atoms with Crippen molar-refractivity contribution >= 4 is 11.6 Å². The Bertz CT molecular complexity index is 991. The summed E-state index contributed by atoms with van der Waals surface area (Å²) in [6.07, 6.45) is 3.38. The van der Waals surface area contributed by atoms with Gasteiger partial charge in [0.25, 0.3) is 5.56 Å². The number of carbonyl (C=O) groups is 1. The number of hydrogen-bond donors (Lipinski definition) is 0. The van der Waals surface area contributed by atoms with Crippen LogP contribution in [0.3, 0.4) is 0 Å². The minimum Gasteiger partial charge on any atom is -0.368 e. The van der Waals surface area contributed by atoms with Crippen LogP contribution in [-0.2, 0) is 4.79 Å². The Morgan fingerprint density at radius 3 is 2.43 bits per heavy atom.